The number of aliphatic hydroxyl groups is 1. The number of halogens is 1. The minimum Gasteiger partial charge on any atom is -0.503 e. The molecule has 3 aromatic rings. The number of amides is 1. The van der Waals surface area contributed by atoms with Gasteiger partial charge in [-0.2, -0.15) is 0 Å². The Morgan fingerprint density at radius 1 is 1.14 bits per heavy atom. The van der Waals surface area contributed by atoms with Crippen LogP contribution in [0.25, 0.3) is 0 Å². The fourth-order valence-corrected chi connectivity index (χ4v) is 3.23. The molecule has 1 atom stereocenters. The first-order chi connectivity index (χ1) is 13.5. The summed E-state index contributed by atoms with van der Waals surface area (Å²) >= 11 is 5.98. The lowest BCUT2D eigenvalue weighted by molar-refractivity contribution is -0.117. The molecule has 0 radical (unpaired) electrons. The molecule has 28 heavy (non-hydrogen) atoms. The van der Waals surface area contributed by atoms with Crippen molar-refractivity contribution >= 4 is 29.2 Å². The normalized spacial score (nSPS) is 16.7. The second-order valence-corrected chi connectivity index (χ2v) is 6.62. The third kappa shape index (κ3) is 2.95. The minimum atomic E-state index is -0.926. The molecule has 0 bridgehead atoms. The maximum absolute atomic E-state index is 13.1. The van der Waals surface area contributed by atoms with Gasteiger partial charge in [0, 0.05) is 17.4 Å². The number of aliphatic hydroxyl groups excluding tert-OH is 1. The molecule has 4 rings (SSSR count). The molecular weight excluding hydrogens is 382 g/mol. The first kappa shape index (κ1) is 17.9. The standard InChI is InChI=1S/C20H14ClN3O4/c1-11-3-8-14(28-11)17(25)15-16(12-4-6-13(21)7-5-12)24(19(27)18(15)26)20-22-9-2-10-23-20/h2-10,16,26H,1H3/t16-/m0/s1. The number of hydrogen-bond donors (Lipinski definition) is 1. The number of Topliss-reactive ketones (excluding diaryl/α,β-unsaturated/α-hetero) is 1. The summed E-state index contributed by atoms with van der Waals surface area (Å²) in [6.07, 6.45) is 2.95. The smallest absolute Gasteiger partial charge is 0.296 e. The highest BCUT2D eigenvalue weighted by Crippen LogP contribution is 2.41. The monoisotopic (exact) mass is 395 g/mol. The van der Waals surface area contributed by atoms with Crippen molar-refractivity contribution in [2.24, 2.45) is 0 Å². The predicted molar refractivity (Wildman–Crippen MR) is 101 cm³/mol. The van der Waals surface area contributed by atoms with Gasteiger partial charge < -0.3 is 9.52 Å². The summed E-state index contributed by atoms with van der Waals surface area (Å²) in [6.45, 7) is 1.70. The van der Waals surface area contributed by atoms with Crippen LogP contribution in [-0.4, -0.2) is 26.8 Å². The summed E-state index contributed by atoms with van der Waals surface area (Å²) in [5.41, 5.74) is 0.468. The second-order valence-electron chi connectivity index (χ2n) is 6.18. The molecule has 1 amide bonds. The molecule has 8 heteroatoms. The van der Waals surface area contributed by atoms with Gasteiger partial charge in [0.05, 0.1) is 11.6 Å². The maximum atomic E-state index is 13.1. The van der Waals surface area contributed by atoms with Crippen molar-refractivity contribution in [3.8, 4) is 0 Å². The SMILES string of the molecule is Cc1ccc(C(=O)C2=C(O)C(=O)N(c3ncccn3)[C@H]2c2ccc(Cl)cc2)o1. The Morgan fingerprint density at radius 2 is 1.82 bits per heavy atom. The van der Waals surface area contributed by atoms with Crippen molar-refractivity contribution in [2.75, 3.05) is 4.90 Å². The molecule has 0 fully saturated rings. The van der Waals surface area contributed by atoms with E-state index >= 15 is 0 Å². The van der Waals surface area contributed by atoms with E-state index in [-0.39, 0.29) is 17.3 Å². The molecule has 0 unspecified atom stereocenters. The Labute approximate surface area is 164 Å². The number of nitrogens with zero attached hydrogens (tertiary/aromatic N) is 3. The van der Waals surface area contributed by atoms with E-state index in [1.807, 2.05) is 0 Å². The number of hydrogen-bond acceptors (Lipinski definition) is 6. The van der Waals surface area contributed by atoms with Crippen LogP contribution in [0.15, 0.2) is 70.6 Å². The molecule has 140 valence electrons. The van der Waals surface area contributed by atoms with E-state index in [0.717, 1.165) is 0 Å². The van der Waals surface area contributed by atoms with Gasteiger partial charge in [0.1, 0.15) is 5.76 Å². The van der Waals surface area contributed by atoms with Gasteiger partial charge in [-0.25, -0.2) is 9.97 Å². The summed E-state index contributed by atoms with van der Waals surface area (Å²) in [5.74, 6) is -1.38. The summed E-state index contributed by atoms with van der Waals surface area (Å²) in [6, 6.07) is 10.4. The summed E-state index contributed by atoms with van der Waals surface area (Å²) in [7, 11) is 0. The van der Waals surface area contributed by atoms with Crippen LogP contribution in [0.1, 0.15) is 27.9 Å². The average molecular weight is 396 g/mol. The fraction of sp³-hybridized carbons (Fsp3) is 0.100. The van der Waals surface area contributed by atoms with Crippen LogP contribution in [0.4, 0.5) is 5.95 Å². The maximum Gasteiger partial charge on any atom is 0.296 e. The second kappa shape index (κ2) is 6.94. The topological polar surface area (TPSA) is 96.5 Å². The first-order valence-electron chi connectivity index (χ1n) is 8.37. The van der Waals surface area contributed by atoms with E-state index in [2.05, 4.69) is 9.97 Å². The molecule has 1 aromatic carbocycles. The highest BCUT2D eigenvalue weighted by molar-refractivity contribution is 6.30. The zero-order valence-electron chi connectivity index (χ0n) is 14.7. The molecule has 2 aromatic heterocycles. The number of carbonyl (C=O) groups is 2. The van der Waals surface area contributed by atoms with Crippen molar-refractivity contribution in [1.82, 2.24) is 9.97 Å². The van der Waals surface area contributed by atoms with Crippen LogP contribution in [-0.2, 0) is 4.79 Å². The Hall–Kier alpha value is -3.45. The van der Waals surface area contributed by atoms with E-state index < -0.39 is 23.5 Å². The summed E-state index contributed by atoms with van der Waals surface area (Å²) in [5, 5.41) is 11.1. The Bertz CT molecular complexity index is 1090. The van der Waals surface area contributed by atoms with Crippen molar-refractivity contribution < 1.29 is 19.1 Å². The van der Waals surface area contributed by atoms with Crippen LogP contribution >= 0.6 is 11.6 Å². The van der Waals surface area contributed by atoms with Gasteiger partial charge in [0.25, 0.3) is 5.91 Å². The van der Waals surface area contributed by atoms with Gasteiger partial charge in [0.15, 0.2) is 11.5 Å². The number of carbonyl (C=O) groups excluding carboxylic acids is 2. The van der Waals surface area contributed by atoms with Gasteiger partial charge >= 0.3 is 0 Å². The minimum absolute atomic E-state index is 0.0293. The van der Waals surface area contributed by atoms with Crippen molar-refractivity contribution in [2.45, 2.75) is 13.0 Å². The van der Waals surface area contributed by atoms with Crippen LogP contribution < -0.4 is 4.90 Å². The number of benzene rings is 1. The van der Waals surface area contributed by atoms with E-state index in [0.29, 0.717) is 16.3 Å². The molecular formula is C20H14ClN3O4. The number of aromatic nitrogens is 2. The lowest BCUT2D eigenvalue weighted by atomic mass is 9.95. The number of rotatable bonds is 4. The molecule has 1 aliphatic rings. The molecule has 7 nitrogen and oxygen atoms in total. The Balaban J connectivity index is 1.88. The van der Waals surface area contributed by atoms with Crippen molar-refractivity contribution in [1.29, 1.82) is 0 Å². The molecule has 0 saturated heterocycles. The number of anilines is 1. The third-order valence-electron chi connectivity index (χ3n) is 4.37. The largest absolute Gasteiger partial charge is 0.503 e. The highest BCUT2D eigenvalue weighted by Gasteiger charge is 2.46. The molecule has 1 aliphatic heterocycles. The third-order valence-corrected chi connectivity index (χ3v) is 4.62. The van der Waals surface area contributed by atoms with Crippen molar-refractivity contribution in [3.05, 3.63) is 88.3 Å². The molecule has 0 saturated carbocycles. The Morgan fingerprint density at radius 3 is 2.43 bits per heavy atom. The zero-order valence-corrected chi connectivity index (χ0v) is 15.4. The molecule has 3 heterocycles. The van der Waals surface area contributed by atoms with Crippen LogP contribution in [0.3, 0.4) is 0 Å². The fourth-order valence-electron chi connectivity index (χ4n) is 3.11. The Kier molecular flexibility index (Phi) is 4.44. The number of furan rings is 1. The number of aryl methyl sites for hydroxylation is 1. The molecule has 0 aliphatic carbocycles. The van der Waals surface area contributed by atoms with Crippen LogP contribution in [0.2, 0.25) is 5.02 Å². The lowest BCUT2D eigenvalue weighted by Crippen LogP contribution is -2.32. The van der Waals surface area contributed by atoms with Crippen LogP contribution in [0.5, 0.6) is 0 Å². The van der Waals surface area contributed by atoms with Gasteiger partial charge in [-0.15, -0.1) is 0 Å². The lowest BCUT2D eigenvalue weighted by Gasteiger charge is -2.24. The van der Waals surface area contributed by atoms with E-state index in [1.54, 1.807) is 43.3 Å². The average Bonchev–Trinajstić information content (AvgIpc) is 3.25. The van der Waals surface area contributed by atoms with Crippen LogP contribution in [0, 0.1) is 6.92 Å². The van der Waals surface area contributed by atoms with Gasteiger partial charge in [0.2, 0.25) is 11.7 Å². The van der Waals surface area contributed by atoms with Gasteiger partial charge in [-0.3, -0.25) is 14.5 Å². The quantitative estimate of drug-likeness (QED) is 0.674. The van der Waals surface area contributed by atoms with E-state index in [9.17, 15) is 14.7 Å². The van der Waals surface area contributed by atoms with E-state index in [4.69, 9.17) is 16.0 Å². The van der Waals surface area contributed by atoms with Crippen molar-refractivity contribution in [3.63, 3.8) is 0 Å². The predicted octanol–water partition coefficient (Wildman–Crippen LogP) is 3.81. The molecule has 0 spiro atoms. The molecule has 1 N–H and O–H groups in total. The first-order valence-corrected chi connectivity index (χ1v) is 8.75. The van der Waals surface area contributed by atoms with Gasteiger partial charge in [-0.1, -0.05) is 23.7 Å². The summed E-state index contributed by atoms with van der Waals surface area (Å²) < 4.78 is 5.41. The summed E-state index contributed by atoms with van der Waals surface area (Å²) in [4.78, 5) is 35.3. The number of ketones is 1. The van der Waals surface area contributed by atoms with Gasteiger partial charge in [-0.05, 0) is 42.8 Å². The van der Waals surface area contributed by atoms with E-state index in [1.165, 1.54) is 23.4 Å². The zero-order chi connectivity index (χ0) is 19.8. The highest BCUT2D eigenvalue weighted by atomic mass is 35.5.